The van der Waals surface area contributed by atoms with Gasteiger partial charge in [0.05, 0.1) is 6.61 Å². The summed E-state index contributed by atoms with van der Waals surface area (Å²) in [7, 11) is 0. The molecule has 0 bridgehead atoms. The van der Waals surface area contributed by atoms with E-state index in [1.807, 2.05) is 12.1 Å². The number of hydrogen-bond donors (Lipinski definition) is 2. The van der Waals surface area contributed by atoms with Gasteiger partial charge in [-0.05, 0) is 36.8 Å². The molecule has 2 amide bonds. The number of rotatable bonds is 9. The number of nitrogens with one attached hydrogen (secondary N) is 2. The molecule has 3 rings (SSSR count). The molecule has 164 valence electrons. The molecule has 0 fully saturated rings. The molecule has 0 radical (unpaired) electrons. The predicted molar refractivity (Wildman–Crippen MR) is 120 cm³/mol. The zero-order valence-corrected chi connectivity index (χ0v) is 17.6. The number of amides is 2. The first kappa shape index (κ1) is 22.6. The van der Waals surface area contributed by atoms with Gasteiger partial charge in [0.1, 0.15) is 11.8 Å². The number of hydrogen-bond acceptors (Lipinski definition) is 5. The first-order valence-corrected chi connectivity index (χ1v) is 10.2. The molecule has 3 aromatic carbocycles. The van der Waals surface area contributed by atoms with E-state index in [0.717, 1.165) is 0 Å². The Bertz CT molecular complexity index is 1050. The highest BCUT2D eigenvalue weighted by Crippen LogP contribution is 2.21. The van der Waals surface area contributed by atoms with Gasteiger partial charge in [-0.1, -0.05) is 54.6 Å². The van der Waals surface area contributed by atoms with Gasteiger partial charge in [0.2, 0.25) is 0 Å². The number of ether oxygens (including phenoxy) is 2. The molecule has 1 unspecified atom stereocenters. The smallest absolute Gasteiger partial charge is 0.344 e. The maximum absolute atomic E-state index is 13.1. The van der Waals surface area contributed by atoms with E-state index < -0.39 is 17.9 Å². The van der Waals surface area contributed by atoms with Gasteiger partial charge in [0, 0.05) is 17.3 Å². The summed E-state index contributed by atoms with van der Waals surface area (Å²) >= 11 is 0. The molecule has 7 nitrogen and oxygen atoms in total. The molecule has 0 heterocycles. The van der Waals surface area contributed by atoms with E-state index in [9.17, 15) is 14.4 Å². The van der Waals surface area contributed by atoms with Crippen molar-refractivity contribution in [3.63, 3.8) is 0 Å². The summed E-state index contributed by atoms with van der Waals surface area (Å²) in [6, 6.07) is 23.4. The highest BCUT2D eigenvalue weighted by Gasteiger charge is 2.23. The molecule has 0 spiro atoms. The first-order chi connectivity index (χ1) is 15.6. The van der Waals surface area contributed by atoms with E-state index in [4.69, 9.17) is 9.47 Å². The highest BCUT2D eigenvalue weighted by atomic mass is 16.6. The predicted octanol–water partition coefficient (Wildman–Crippen LogP) is 3.74. The molecule has 0 aliphatic rings. The summed E-state index contributed by atoms with van der Waals surface area (Å²) in [5.41, 5.74) is 1.56. The topological polar surface area (TPSA) is 93.7 Å². The second kappa shape index (κ2) is 11.3. The average Bonchev–Trinajstić information content (AvgIpc) is 2.82. The van der Waals surface area contributed by atoms with Gasteiger partial charge in [0.15, 0.2) is 6.61 Å². The van der Waals surface area contributed by atoms with Crippen molar-refractivity contribution in [2.75, 3.05) is 18.5 Å². The average molecular weight is 432 g/mol. The monoisotopic (exact) mass is 432 g/mol. The van der Waals surface area contributed by atoms with Crippen molar-refractivity contribution in [3.8, 4) is 5.75 Å². The van der Waals surface area contributed by atoms with Crippen LogP contribution in [0.5, 0.6) is 5.75 Å². The maximum Gasteiger partial charge on any atom is 0.344 e. The first-order valence-electron chi connectivity index (χ1n) is 10.2. The third-order valence-electron chi connectivity index (χ3n) is 4.47. The Morgan fingerprint density at radius 3 is 2.25 bits per heavy atom. The summed E-state index contributed by atoms with van der Waals surface area (Å²) in [6.45, 7) is 1.76. The van der Waals surface area contributed by atoms with Crippen LogP contribution in [0.3, 0.4) is 0 Å². The summed E-state index contributed by atoms with van der Waals surface area (Å²) in [5.74, 6) is -0.848. The van der Waals surface area contributed by atoms with Gasteiger partial charge in [-0.3, -0.25) is 9.59 Å². The van der Waals surface area contributed by atoms with Crippen molar-refractivity contribution >= 4 is 23.5 Å². The van der Waals surface area contributed by atoms with Crippen molar-refractivity contribution < 1.29 is 23.9 Å². The normalized spacial score (nSPS) is 11.2. The van der Waals surface area contributed by atoms with Crippen LogP contribution >= 0.6 is 0 Å². The van der Waals surface area contributed by atoms with Crippen molar-refractivity contribution in [1.82, 2.24) is 5.32 Å². The Balaban J connectivity index is 1.73. The lowest BCUT2D eigenvalue weighted by atomic mass is 10.1. The van der Waals surface area contributed by atoms with E-state index in [1.165, 1.54) is 0 Å². The van der Waals surface area contributed by atoms with E-state index in [-0.39, 0.29) is 19.1 Å². The van der Waals surface area contributed by atoms with Crippen molar-refractivity contribution in [2.45, 2.75) is 13.0 Å². The molecular weight excluding hydrogens is 408 g/mol. The number of anilines is 1. The van der Waals surface area contributed by atoms with Crippen molar-refractivity contribution in [3.05, 3.63) is 96.1 Å². The Hall–Kier alpha value is -4.13. The second-order valence-corrected chi connectivity index (χ2v) is 6.79. The van der Waals surface area contributed by atoms with Crippen LogP contribution in [0.1, 0.15) is 28.9 Å². The SMILES string of the molecule is CCOC(=O)COc1cccc(NC(=O)C(NC(=O)c2ccccc2)c2ccccc2)c1. The van der Waals surface area contributed by atoms with Crippen LogP contribution in [0.25, 0.3) is 0 Å². The quantitative estimate of drug-likeness (QED) is 0.503. The lowest BCUT2D eigenvalue weighted by Crippen LogP contribution is -2.37. The lowest BCUT2D eigenvalue weighted by Gasteiger charge is -2.19. The number of benzene rings is 3. The van der Waals surface area contributed by atoms with Gasteiger partial charge >= 0.3 is 5.97 Å². The van der Waals surface area contributed by atoms with Gasteiger partial charge in [-0.25, -0.2) is 4.79 Å². The van der Waals surface area contributed by atoms with Gasteiger partial charge in [-0.15, -0.1) is 0 Å². The molecular formula is C25H24N2O5. The van der Waals surface area contributed by atoms with Gasteiger partial charge in [-0.2, -0.15) is 0 Å². The minimum atomic E-state index is -0.909. The number of carbonyl (C=O) groups is 3. The molecule has 0 aromatic heterocycles. The Morgan fingerprint density at radius 2 is 1.56 bits per heavy atom. The summed E-state index contributed by atoms with van der Waals surface area (Å²) < 4.78 is 10.3. The fourth-order valence-corrected chi connectivity index (χ4v) is 2.97. The minimum absolute atomic E-state index is 0.231. The molecule has 1 atom stereocenters. The molecule has 0 aliphatic heterocycles. The van der Waals surface area contributed by atoms with Crippen LogP contribution in [0.2, 0.25) is 0 Å². The van der Waals surface area contributed by atoms with Crippen LogP contribution < -0.4 is 15.4 Å². The second-order valence-electron chi connectivity index (χ2n) is 6.79. The third-order valence-corrected chi connectivity index (χ3v) is 4.47. The van der Waals surface area contributed by atoms with Crippen LogP contribution in [-0.2, 0) is 14.3 Å². The third kappa shape index (κ3) is 6.43. The van der Waals surface area contributed by atoms with Gasteiger partial charge < -0.3 is 20.1 Å². The van der Waals surface area contributed by atoms with Crippen LogP contribution in [0.15, 0.2) is 84.9 Å². The van der Waals surface area contributed by atoms with E-state index >= 15 is 0 Å². The standard InChI is InChI=1S/C25H24N2O5/c1-2-31-22(28)17-32-21-15-9-14-20(16-21)26-25(30)23(18-10-5-3-6-11-18)27-24(29)19-12-7-4-8-13-19/h3-16,23H,2,17H2,1H3,(H,26,30)(H,27,29). The molecule has 2 N–H and O–H groups in total. The summed E-state index contributed by atoms with van der Waals surface area (Å²) in [4.78, 5) is 37.3. The molecule has 7 heteroatoms. The van der Waals surface area contributed by atoms with Crippen LogP contribution in [-0.4, -0.2) is 31.0 Å². The Kier molecular flexibility index (Phi) is 7.97. The lowest BCUT2D eigenvalue weighted by molar-refractivity contribution is -0.145. The van der Waals surface area contributed by atoms with E-state index in [0.29, 0.717) is 22.6 Å². The Labute approximate surface area is 186 Å². The largest absolute Gasteiger partial charge is 0.482 e. The molecule has 0 saturated heterocycles. The van der Waals surface area contributed by atoms with Crippen LogP contribution in [0.4, 0.5) is 5.69 Å². The number of esters is 1. The minimum Gasteiger partial charge on any atom is -0.482 e. The summed E-state index contributed by atoms with van der Waals surface area (Å²) in [6.07, 6.45) is 0. The highest BCUT2D eigenvalue weighted by molar-refractivity contribution is 6.01. The zero-order valence-electron chi connectivity index (χ0n) is 17.6. The molecule has 0 saturated carbocycles. The summed E-state index contributed by atoms with van der Waals surface area (Å²) in [5, 5.41) is 5.60. The van der Waals surface area contributed by atoms with Crippen LogP contribution in [0, 0.1) is 0 Å². The molecule has 0 aliphatic carbocycles. The van der Waals surface area contributed by atoms with Gasteiger partial charge in [0.25, 0.3) is 11.8 Å². The maximum atomic E-state index is 13.1. The van der Waals surface area contributed by atoms with E-state index in [2.05, 4.69) is 10.6 Å². The Morgan fingerprint density at radius 1 is 0.875 bits per heavy atom. The molecule has 3 aromatic rings. The van der Waals surface area contributed by atoms with Crippen molar-refractivity contribution in [2.24, 2.45) is 0 Å². The zero-order chi connectivity index (χ0) is 22.8. The number of carbonyl (C=O) groups excluding carboxylic acids is 3. The fourth-order valence-electron chi connectivity index (χ4n) is 2.97. The molecule has 32 heavy (non-hydrogen) atoms. The van der Waals surface area contributed by atoms with E-state index in [1.54, 1.807) is 79.7 Å². The fraction of sp³-hybridized carbons (Fsp3) is 0.160. The van der Waals surface area contributed by atoms with Crippen molar-refractivity contribution in [1.29, 1.82) is 0 Å².